The minimum absolute atomic E-state index is 0.159. The summed E-state index contributed by atoms with van der Waals surface area (Å²) in [6.07, 6.45) is 1.76. The van der Waals surface area contributed by atoms with Crippen molar-refractivity contribution in [1.29, 1.82) is 0 Å². The van der Waals surface area contributed by atoms with Crippen LogP contribution in [0.4, 0.5) is 10.1 Å². The number of benzene rings is 2. The molecule has 0 radical (unpaired) electrons. The maximum atomic E-state index is 14.1. The molecule has 1 aliphatic heterocycles. The van der Waals surface area contributed by atoms with Crippen molar-refractivity contribution in [1.82, 2.24) is 9.88 Å². The number of furan rings is 1. The van der Waals surface area contributed by atoms with E-state index in [1.807, 2.05) is 42.5 Å². The molecule has 0 aliphatic carbocycles. The quantitative estimate of drug-likeness (QED) is 0.459. The minimum atomic E-state index is -0.159. The zero-order valence-electron chi connectivity index (χ0n) is 17.4. The van der Waals surface area contributed by atoms with Gasteiger partial charge in [-0.1, -0.05) is 24.3 Å². The van der Waals surface area contributed by atoms with Gasteiger partial charge in [-0.25, -0.2) is 4.39 Å². The molecule has 4 aromatic rings. The largest absolute Gasteiger partial charge is 0.493 e. The number of hydrogen-bond acceptors (Lipinski definition) is 5. The monoisotopic (exact) mass is 417 g/mol. The van der Waals surface area contributed by atoms with E-state index in [-0.39, 0.29) is 5.82 Å². The van der Waals surface area contributed by atoms with Crippen LogP contribution in [0.15, 0.2) is 71.3 Å². The van der Waals surface area contributed by atoms with Crippen molar-refractivity contribution in [2.45, 2.75) is 6.54 Å². The highest BCUT2D eigenvalue weighted by Gasteiger charge is 2.21. The molecular formula is C25H24FN3O2. The Bertz CT molecular complexity index is 1180. The average molecular weight is 417 g/mol. The lowest BCUT2D eigenvalue weighted by Gasteiger charge is -2.36. The van der Waals surface area contributed by atoms with Crippen molar-refractivity contribution in [2.24, 2.45) is 0 Å². The summed E-state index contributed by atoms with van der Waals surface area (Å²) < 4.78 is 25.8. The van der Waals surface area contributed by atoms with Gasteiger partial charge in [0.15, 0.2) is 17.1 Å². The smallest absolute Gasteiger partial charge is 0.177 e. The second kappa shape index (κ2) is 8.40. The van der Waals surface area contributed by atoms with Crippen LogP contribution in [-0.4, -0.2) is 43.2 Å². The van der Waals surface area contributed by atoms with Crippen molar-refractivity contribution in [3.63, 3.8) is 0 Å². The molecule has 0 saturated carbocycles. The molecule has 0 atom stereocenters. The summed E-state index contributed by atoms with van der Waals surface area (Å²) in [5, 5.41) is 1.04. The van der Waals surface area contributed by atoms with Crippen LogP contribution < -0.4 is 9.64 Å². The summed E-state index contributed by atoms with van der Waals surface area (Å²) in [6.45, 7) is 4.13. The van der Waals surface area contributed by atoms with Crippen molar-refractivity contribution >= 4 is 16.7 Å². The number of fused-ring (bicyclic) bond motifs is 1. The zero-order valence-corrected chi connectivity index (χ0v) is 17.4. The van der Waals surface area contributed by atoms with Crippen LogP contribution in [0.3, 0.4) is 0 Å². The van der Waals surface area contributed by atoms with Crippen molar-refractivity contribution in [3.8, 4) is 17.2 Å². The molecule has 1 fully saturated rings. The maximum Gasteiger partial charge on any atom is 0.177 e. The number of pyridine rings is 1. The highest BCUT2D eigenvalue weighted by Crippen LogP contribution is 2.35. The summed E-state index contributed by atoms with van der Waals surface area (Å²) in [5.41, 5.74) is 3.40. The first kappa shape index (κ1) is 19.6. The lowest BCUT2D eigenvalue weighted by Crippen LogP contribution is -2.46. The van der Waals surface area contributed by atoms with Crippen LogP contribution in [-0.2, 0) is 6.54 Å². The van der Waals surface area contributed by atoms with Gasteiger partial charge < -0.3 is 14.1 Å². The van der Waals surface area contributed by atoms with Crippen molar-refractivity contribution in [3.05, 3.63) is 78.2 Å². The molecule has 158 valence electrons. The predicted octanol–water partition coefficient (Wildman–Crippen LogP) is 4.96. The zero-order chi connectivity index (χ0) is 21.2. The Morgan fingerprint density at radius 2 is 1.81 bits per heavy atom. The lowest BCUT2D eigenvalue weighted by molar-refractivity contribution is 0.250. The first-order chi connectivity index (χ1) is 15.2. The van der Waals surface area contributed by atoms with Gasteiger partial charge in [-0.05, 0) is 42.0 Å². The van der Waals surface area contributed by atoms with E-state index >= 15 is 0 Å². The third-order valence-corrected chi connectivity index (χ3v) is 5.83. The highest BCUT2D eigenvalue weighted by molar-refractivity contribution is 5.89. The molecule has 0 bridgehead atoms. The van der Waals surface area contributed by atoms with Gasteiger partial charge in [0.1, 0.15) is 11.5 Å². The number of aromatic nitrogens is 1. The van der Waals surface area contributed by atoms with E-state index in [1.54, 1.807) is 19.4 Å². The first-order valence-corrected chi connectivity index (χ1v) is 10.5. The molecule has 2 aromatic heterocycles. The molecule has 1 saturated heterocycles. The minimum Gasteiger partial charge on any atom is -0.493 e. The van der Waals surface area contributed by atoms with Gasteiger partial charge in [0.2, 0.25) is 0 Å². The Labute approximate surface area is 180 Å². The molecule has 1 aliphatic rings. The standard InChI is InChI=1S/C25H24FN3O2/c1-30-23-10-9-18(19-16-24(31-25(19)23)21-7-4-5-11-27-21)17-28-12-14-29(15-13-28)22-8-3-2-6-20(22)26/h2-11,16H,12-15,17H2,1H3. The average Bonchev–Trinajstić information content (AvgIpc) is 3.27. The number of nitrogens with zero attached hydrogens (tertiary/aromatic N) is 3. The Morgan fingerprint density at radius 1 is 1.00 bits per heavy atom. The van der Waals surface area contributed by atoms with E-state index < -0.39 is 0 Å². The fourth-order valence-electron chi connectivity index (χ4n) is 4.18. The normalized spacial score (nSPS) is 14.8. The van der Waals surface area contributed by atoms with Gasteiger partial charge >= 0.3 is 0 Å². The number of anilines is 1. The topological polar surface area (TPSA) is 41.7 Å². The van der Waals surface area contributed by atoms with E-state index in [0.29, 0.717) is 11.4 Å². The van der Waals surface area contributed by atoms with Gasteiger partial charge in [-0.3, -0.25) is 9.88 Å². The van der Waals surface area contributed by atoms with Crippen LogP contribution in [0.5, 0.6) is 5.75 Å². The Hall–Kier alpha value is -3.38. The lowest BCUT2D eigenvalue weighted by atomic mass is 10.1. The number of piperazine rings is 1. The van der Waals surface area contributed by atoms with Crippen LogP contribution in [0, 0.1) is 5.82 Å². The molecule has 0 spiro atoms. The molecule has 2 aromatic carbocycles. The second-order valence-corrected chi connectivity index (χ2v) is 7.71. The van der Waals surface area contributed by atoms with Crippen LogP contribution in [0.1, 0.15) is 5.56 Å². The molecule has 0 amide bonds. The van der Waals surface area contributed by atoms with Crippen LogP contribution in [0.2, 0.25) is 0 Å². The number of rotatable bonds is 5. The second-order valence-electron chi connectivity index (χ2n) is 7.71. The summed E-state index contributed by atoms with van der Waals surface area (Å²) >= 11 is 0. The molecular weight excluding hydrogens is 393 g/mol. The summed E-state index contributed by atoms with van der Waals surface area (Å²) in [7, 11) is 1.65. The fraction of sp³-hybridized carbons (Fsp3) is 0.240. The molecule has 0 unspecified atom stereocenters. The van der Waals surface area contributed by atoms with E-state index in [9.17, 15) is 4.39 Å². The molecule has 5 rings (SSSR count). The third kappa shape index (κ3) is 3.86. The van der Waals surface area contributed by atoms with Crippen LogP contribution >= 0.6 is 0 Å². The van der Waals surface area contributed by atoms with Gasteiger partial charge in [-0.2, -0.15) is 0 Å². The number of methoxy groups -OCH3 is 1. The predicted molar refractivity (Wildman–Crippen MR) is 120 cm³/mol. The first-order valence-electron chi connectivity index (χ1n) is 10.5. The van der Waals surface area contributed by atoms with Crippen molar-refractivity contribution in [2.75, 3.05) is 38.2 Å². The number of hydrogen-bond donors (Lipinski definition) is 0. The van der Waals surface area contributed by atoms with E-state index in [4.69, 9.17) is 9.15 Å². The number of halogens is 1. The van der Waals surface area contributed by atoms with E-state index in [2.05, 4.69) is 20.9 Å². The number of para-hydroxylation sites is 1. The molecule has 0 N–H and O–H groups in total. The Morgan fingerprint density at radius 3 is 2.55 bits per heavy atom. The fourth-order valence-corrected chi connectivity index (χ4v) is 4.18. The summed E-state index contributed by atoms with van der Waals surface area (Å²) in [4.78, 5) is 8.92. The van der Waals surface area contributed by atoms with E-state index in [0.717, 1.165) is 55.1 Å². The molecule has 6 heteroatoms. The summed E-state index contributed by atoms with van der Waals surface area (Å²) in [5.74, 6) is 1.28. The maximum absolute atomic E-state index is 14.1. The Balaban J connectivity index is 1.37. The number of ether oxygens (including phenoxy) is 1. The van der Waals surface area contributed by atoms with Crippen molar-refractivity contribution < 1.29 is 13.5 Å². The van der Waals surface area contributed by atoms with Gasteiger partial charge in [0, 0.05) is 44.3 Å². The van der Waals surface area contributed by atoms with Gasteiger partial charge in [0.25, 0.3) is 0 Å². The molecule has 5 nitrogen and oxygen atoms in total. The SMILES string of the molecule is COc1ccc(CN2CCN(c3ccccc3F)CC2)c2cc(-c3ccccn3)oc12. The molecule has 3 heterocycles. The van der Waals surface area contributed by atoms with Gasteiger partial charge in [-0.15, -0.1) is 0 Å². The molecule has 31 heavy (non-hydrogen) atoms. The Kier molecular flexibility index (Phi) is 5.30. The summed E-state index contributed by atoms with van der Waals surface area (Å²) in [6, 6.07) is 18.9. The highest BCUT2D eigenvalue weighted by atomic mass is 19.1. The van der Waals surface area contributed by atoms with E-state index in [1.165, 1.54) is 11.6 Å². The van der Waals surface area contributed by atoms with Crippen LogP contribution in [0.25, 0.3) is 22.4 Å². The van der Waals surface area contributed by atoms with Gasteiger partial charge in [0.05, 0.1) is 12.8 Å². The third-order valence-electron chi connectivity index (χ3n) is 5.83.